The largest absolute Gasteiger partial charge is 0.139 e. The highest BCUT2D eigenvalue weighted by Gasteiger charge is 2.24. The van der Waals surface area contributed by atoms with Gasteiger partial charge in [-0.2, -0.15) is 0 Å². The molecule has 0 amide bonds. The van der Waals surface area contributed by atoms with E-state index >= 15 is 0 Å². The normalized spacial score (nSPS) is 11.7. The second-order valence-corrected chi connectivity index (χ2v) is 13.0. The Morgan fingerprint density at radius 3 is 0.667 bits per heavy atom. The van der Waals surface area contributed by atoms with Crippen molar-refractivity contribution in [3.8, 4) is 29.3 Å². The molecule has 0 aromatic carbocycles. The molecule has 0 saturated heterocycles. The van der Waals surface area contributed by atoms with Crippen molar-refractivity contribution in [3.05, 3.63) is 54.3 Å². The van der Waals surface area contributed by atoms with Gasteiger partial charge in [-0.3, -0.25) is 0 Å². The van der Waals surface area contributed by atoms with Crippen molar-refractivity contribution < 1.29 is 0 Å². The summed E-state index contributed by atoms with van der Waals surface area (Å²) in [7, 11) is 0. The van der Waals surface area contributed by atoms with E-state index in [9.17, 15) is 0 Å². The maximum absolute atomic E-state index is 2.31. The van der Waals surface area contributed by atoms with Crippen LogP contribution in [0.1, 0.15) is 54.3 Å². The summed E-state index contributed by atoms with van der Waals surface area (Å²) in [5.41, 5.74) is 11.6. The van der Waals surface area contributed by atoms with Gasteiger partial charge in [0.15, 0.2) is 0 Å². The molecule has 0 bridgehead atoms. The standard InChI is InChI=1S/C26H30S4/c1-11-13(3)21(27-19(11)9)23-15(5)17(7)25(29-23)26-18(8)16(6)24(30-26)22-14(4)12(2)20(10)28-22/h1-10H3. The molecule has 4 rings (SSSR count). The van der Waals surface area contributed by atoms with Gasteiger partial charge in [-0.25, -0.2) is 0 Å². The molecule has 0 saturated carbocycles. The minimum Gasteiger partial charge on any atom is -0.139 e. The van der Waals surface area contributed by atoms with Crippen LogP contribution in [0.4, 0.5) is 0 Å². The van der Waals surface area contributed by atoms with Gasteiger partial charge in [0.25, 0.3) is 0 Å². The number of hydrogen-bond donors (Lipinski definition) is 0. The Balaban J connectivity index is 1.90. The molecule has 4 aromatic heterocycles. The molecular weight excluding hydrogens is 441 g/mol. The summed E-state index contributed by atoms with van der Waals surface area (Å²) in [6, 6.07) is 0. The highest BCUT2D eigenvalue weighted by Crippen LogP contribution is 2.51. The summed E-state index contributed by atoms with van der Waals surface area (Å²) in [4.78, 5) is 11.7. The zero-order valence-electron chi connectivity index (χ0n) is 19.6. The van der Waals surface area contributed by atoms with E-state index in [1.54, 1.807) is 0 Å². The summed E-state index contributed by atoms with van der Waals surface area (Å²) in [5, 5.41) is 0. The molecule has 0 atom stereocenters. The predicted octanol–water partition coefficient (Wildman–Crippen LogP) is 10.0. The third-order valence-corrected chi connectivity index (χ3v) is 12.8. The molecular formula is C26H30S4. The zero-order chi connectivity index (χ0) is 22.1. The van der Waals surface area contributed by atoms with E-state index in [1.807, 2.05) is 45.3 Å². The summed E-state index contributed by atoms with van der Waals surface area (Å²) in [6.07, 6.45) is 0. The van der Waals surface area contributed by atoms with E-state index in [0.717, 1.165) is 0 Å². The van der Waals surface area contributed by atoms with E-state index in [-0.39, 0.29) is 0 Å². The van der Waals surface area contributed by atoms with Gasteiger partial charge in [0.05, 0.1) is 0 Å². The van der Waals surface area contributed by atoms with Crippen LogP contribution in [0.2, 0.25) is 0 Å². The fraction of sp³-hybridized carbons (Fsp3) is 0.385. The van der Waals surface area contributed by atoms with Gasteiger partial charge in [0.1, 0.15) is 0 Å². The second kappa shape index (κ2) is 7.74. The fourth-order valence-corrected chi connectivity index (χ4v) is 9.67. The molecule has 0 aliphatic rings. The van der Waals surface area contributed by atoms with Crippen molar-refractivity contribution in [2.45, 2.75) is 69.2 Å². The molecule has 4 heteroatoms. The molecule has 0 spiro atoms. The van der Waals surface area contributed by atoms with Gasteiger partial charge in [0, 0.05) is 39.0 Å². The van der Waals surface area contributed by atoms with Crippen molar-refractivity contribution in [1.29, 1.82) is 0 Å². The van der Waals surface area contributed by atoms with Gasteiger partial charge in [-0.05, 0) is 114 Å². The number of thiophene rings is 4. The minimum absolute atomic E-state index is 1.44. The van der Waals surface area contributed by atoms with Gasteiger partial charge in [-0.15, -0.1) is 45.3 Å². The van der Waals surface area contributed by atoms with Crippen LogP contribution < -0.4 is 0 Å². The first-order valence-electron chi connectivity index (χ1n) is 10.4. The average molecular weight is 471 g/mol. The maximum Gasteiger partial charge on any atom is 0.0484 e. The highest BCUT2D eigenvalue weighted by atomic mass is 32.1. The van der Waals surface area contributed by atoms with Gasteiger partial charge < -0.3 is 0 Å². The quantitative estimate of drug-likeness (QED) is 0.279. The first-order valence-corrected chi connectivity index (χ1v) is 13.6. The Bertz CT molecular complexity index is 1180. The summed E-state index contributed by atoms with van der Waals surface area (Å²) in [5.74, 6) is 0. The molecule has 4 heterocycles. The first kappa shape index (κ1) is 22.0. The maximum atomic E-state index is 2.31. The molecule has 0 N–H and O–H groups in total. The molecule has 0 radical (unpaired) electrons. The van der Waals surface area contributed by atoms with Crippen molar-refractivity contribution in [2.24, 2.45) is 0 Å². The predicted molar refractivity (Wildman–Crippen MR) is 142 cm³/mol. The van der Waals surface area contributed by atoms with Gasteiger partial charge in [0.2, 0.25) is 0 Å². The minimum atomic E-state index is 1.44. The smallest absolute Gasteiger partial charge is 0.0484 e. The Labute approximate surface area is 197 Å². The van der Waals surface area contributed by atoms with Crippen LogP contribution in [0.25, 0.3) is 29.3 Å². The van der Waals surface area contributed by atoms with E-state index in [0.29, 0.717) is 0 Å². The van der Waals surface area contributed by atoms with E-state index in [4.69, 9.17) is 0 Å². The van der Waals surface area contributed by atoms with Crippen LogP contribution in [0.5, 0.6) is 0 Å². The molecule has 0 aliphatic heterocycles. The lowest BCUT2D eigenvalue weighted by atomic mass is 10.0. The fourth-order valence-electron chi connectivity index (χ4n) is 3.97. The topological polar surface area (TPSA) is 0 Å². The van der Waals surface area contributed by atoms with Crippen LogP contribution in [-0.4, -0.2) is 0 Å². The molecule has 0 aliphatic carbocycles. The lowest BCUT2D eigenvalue weighted by Crippen LogP contribution is -1.81. The summed E-state index contributed by atoms with van der Waals surface area (Å²) < 4.78 is 0. The Morgan fingerprint density at radius 1 is 0.267 bits per heavy atom. The molecule has 30 heavy (non-hydrogen) atoms. The van der Waals surface area contributed by atoms with Gasteiger partial charge in [-0.1, -0.05) is 0 Å². The van der Waals surface area contributed by atoms with Crippen molar-refractivity contribution >= 4 is 45.3 Å². The summed E-state index contributed by atoms with van der Waals surface area (Å²) >= 11 is 7.91. The van der Waals surface area contributed by atoms with Crippen LogP contribution >= 0.6 is 45.3 Å². The van der Waals surface area contributed by atoms with Crippen LogP contribution in [0.3, 0.4) is 0 Å². The third-order valence-electron chi connectivity index (χ3n) is 6.89. The molecule has 158 valence electrons. The lowest BCUT2D eigenvalue weighted by molar-refractivity contribution is 1.34. The van der Waals surface area contributed by atoms with Crippen molar-refractivity contribution in [2.75, 3.05) is 0 Å². The van der Waals surface area contributed by atoms with E-state index in [1.165, 1.54) is 83.5 Å². The van der Waals surface area contributed by atoms with Crippen molar-refractivity contribution in [3.63, 3.8) is 0 Å². The Hall–Kier alpha value is -1.20. The summed E-state index contributed by atoms with van der Waals surface area (Å²) in [6.45, 7) is 22.8. The number of aryl methyl sites for hydroxylation is 2. The van der Waals surface area contributed by atoms with Crippen molar-refractivity contribution in [1.82, 2.24) is 0 Å². The van der Waals surface area contributed by atoms with Crippen LogP contribution in [0, 0.1) is 69.2 Å². The van der Waals surface area contributed by atoms with Crippen LogP contribution in [-0.2, 0) is 0 Å². The molecule has 0 fully saturated rings. The van der Waals surface area contributed by atoms with Gasteiger partial charge >= 0.3 is 0 Å². The zero-order valence-corrected chi connectivity index (χ0v) is 22.9. The number of rotatable bonds is 3. The molecule has 4 aromatic rings. The third kappa shape index (κ3) is 3.19. The Morgan fingerprint density at radius 2 is 0.467 bits per heavy atom. The first-order chi connectivity index (χ1) is 14.0. The SMILES string of the molecule is Cc1sc(-c2sc(-c3sc(-c4sc(C)c(C)c4C)c(C)c3C)c(C)c2C)c(C)c1C. The highest BCUT2D eigenvalue weighted by molar-refractivity contribution is 7.29. The number of hydrogen-bond acceptors (Lipinski definition) is 4. The monoisotopic (exact) mass is 470 g/mol. The second-order valence-electron chi connectivity index (χ2n) is 8.50. The van der Waals surface area contributed by atoms with E-state index < -0.39 is 0 Å². The molecule has 0 nitrogen and oxygen atoms in total. The Kier molecular flexibility index (Phi) is 5.68. The average Bonchev–Trinajstić information content (AvgIpc) is 3.34. The molecule has 0 unspecified atom stereocenters. The lowest BCUT2D eigenvalue weighted by Gasteiger charge is -1.99. The van der Waals surface area contributed by atoms with E-state index in [2.05, 4.69) is 69.2 Å². The van der Waals surface area contributed by atoms with Crippen LogP contribution in [0.15, 0.2) is 0 Å².